The van der Waals surface area contributed by atoms with Crippen LogP contribution in [0.2, 0.25) is 0 Å². The Bertz CT molecular complexity index is 1380. The van der Waals surface area contributed by atoms with Gasteiger partial charge in [-0.25, -0.2) is 8.42 Å². The second kappa shape index (κ2) is 12.5. The summed E-state index contributed by atoms with van der Waals surface area (Å²) in [5.74, 6) is -0.250. The van der Waals surface area contributed by atoms with Crippen LogP contribution in [0.5, 0.6) is 0 Å². The highest BCUT2D eigenvalue weighted by molar-refractivity contribution is 7.89. The lowest BCUT2D eigenvalue weighted by Gasteiger charge is -2.38. The average Bonchev–Trinajstić information content (AvgIpc) is 2.95. The molecule has 4 rings (SSSR count). The highest BCUT2D eigenvalue weighted by Gasteiger charge is 2.40. The average molecular weight is 574 g/mol. The topological polar surface area (TPSA) is 78.5 Å². The van der Waals surface area contributed by atoms with Gasteiger partial charge in [-0.3, -0.25) is 4.79 Å². The molecule has 0 radical (unpaired) electrons. The third-order valence-electron chi connectivity index (χ3n) is 7.20. The molecule has 0 bridgehead atoms. The van der Waals surface area contributed by atoms with Crippen molar-refractivity contribution in [3.8, 4) is 0 Å². The number of nitrogens with one attached hydrogen (secondary N) is 2. The van der Waals surface area contributed by atoms with Crippen molar-refractivity contribution in [2.24, 2.45) is 0 Å². The summed E-state index contributed by atoms with van der Waals surface area (Å²) in [5, 5.41) is 6.19. The zero-order chi connectivity index (χ0) is 28.9. The predicted molar refractivity (Wildman–Crippen MR) is 148 cm³/mol. The van der Waals surface area contributed by atoms with E-state index in [1.54, 1.807) is 24.3 Å². The third kappa shape index (κ3) is 7.30. The van der Waals surface area contributed by atoms with Gasteiger partial charge in [-0.05, 0) is 59.7 Å². The number of benzene rings is 3. The first kappa shape index (κ1) is 29.8. The van der Waals surface area contributed by atoms with Gasteiger partial charge in [0.05, 0.1) is 10.5 Å². The molecule has 1 amide bonds. The molecule has 0 unspecified atom stereocenters. The summed E-state index contributed by atoms with van der Waals surface area (Å²) in [4.78, 5) is 13.5. The summed E-state index contributed by atoms with van der Waals surface area (Å²) in [7, 11) is -3.97. The first-order valence-corrected chi connectivity index (χ1v) is 14.7. The Morgan fingerprint density at radius 1 is 0.925 bits per heavy atom. The number of hydrogen-bond donors (Lipinski definition) is 2. The van der Waals surface area contributed by atoms with Crippen LogP contribution in [0.15, 0.2) is 83.8 Å². The second-order valence-corrected chi connectivity index (χ2v) is 12.2. The van der Waals surface area contributed by atoms with Crippen LogP contribution in [0, 0.1) is 0 Å². The molecule has 0 aliphatic carbocycles. The summed E-state index contributed by atoms with van der Waals surface area (Å²) in [6.07, 6.45) is -3.66. The lowest BCUT2D eigenvalue weighted by molar-refractivity contribution is -0.137. The molecule has 0 aromatic heterocycles. The molecule has 1 aliphatic rings. The summed E-state index contributed by atoms with van der Waals surface area (Å²) in [6, 6.07) is 19.9. The number of halogens is 3. The third-order valence-corrected chi connectivity index (χ3v) is 9.12. The zero-order valence-electron chi connectivity index (χ0n) is 22.5. The van der Waals surface area contributed by atoms with E-state index in [1.807, 2.05) is 44.2 Å². The van der Waals surface area contributed by atoms with E-state index in [4.69, 9.17) is 0 Å². The maximum absolute atomic E-state index is 13.7. The number of nitrogens with zero attached hydrogens (tertiary/aromatic N) is 1. The van der Waals surface area contributed by atoms with Crippen LogP contribution in [0.4, 0.5) is 13.2 Å². The first-order chi connectivity index (χ1) is 18.9. The van der Waals surface area contributed by atoms with Crippen LogP contribution in [-0.2, 0) is 34.1 Å². The van der Waals surface area contributed by atoms with E-state index in [1.165, 1.54) is 16.4 Å². The number of sulfonamides is 1. The minimum atomic E-state index is -4.45. The monoisotopic (exact) mass is 573 g/mol. The Kier molecular flexibility index (Phi) is 9.33. The number of alkyl halides is 3. The van der Waals surface area contributed by atoms with Crippen LogP contribution in [-0.4, -0.2) is 37.3 Å². The van der Waals surface area contributed by atoms with Crippen LogP contribution in [0.25, 0.3) is 0 Å². The molecule has 1 saturated heterocycles. The Morgan fingerprint density at radius 2 is 1.55 bits per heavy atom. The molecular formula is C30H34F3N3O3S. The predicted octanol–water partition coefficient (Wildman–Crippen LogP) is 5.46. The molecular weight excluding hydrogens is 539 g/mol. The number of rotatable bonds is 9. The smallest absolute Gasteiger partial charge is 0.351 e. The minimum Gasteiger partial charge on any atom is -0.351 e. The van der Waals surface area contributed by atoms with Gasteiger partial charge in [0.15, 0.2) is 0 Å². The molecule has 40 heavy (non-hydrogen) atoms. The number of carbonyl (C=O) groups is 1. The minimum absolute atomic E-state index is 0.0213. The summed E-state index contributed by atoms with van der Waals surface area (Å²) in [6.45, 7) is 4.75. The van der Waals surface area contributed by atoms with E-state index in [2.05, 4.69) is 10.6 Å². The SMILES string of the molecule is CC(C)c1ccc(S(=O)(=O)N2CC[C@@H](NCc3ccccc3)C[C@@H]2C(=O)NCc2ccc(C(F)(F)F)cc2)cc1. The van der Waals surface area contributed by atoms with Gasteiger partial charge in [-0.1, -0.05) is 68.4 Å². The molecule has 214 valence electrons. The summed E-state index contributed by atoms with van der Waals surface area (Å²) >= 11 is 0. The molecule has 10 heteroatoms. The van der Waals surface area contributed by atoms with Crippen molar-refractivity contribution >= 4 is 15.9 Å². The Morgan fingerprint density at radius 3 is 2.15 bits per heavy atom. The molecule has 1 fully saturated rings. The molecule has 1 heterocycles. The van der Waals surface area contributed by atoms with Crippen LogP contribution in [0.3, 0.4) is 0 Å². The fourth-order valence-corrected chi connectivity index (χ4v) is 6.40. The highest BCUT2D eigenvalue weighted by Crippen LogP contribution is 2.30. The molecule has 2 N–H and O–H groups in total. The van der Waals surface area contributed by atoms with Crippen molar-refractivity contribution in [1.29, 1.82) is 0 Å². The Balaban J connectivity index is 1.51. The molecule has 3 aromatic carbocycles. The van der Waals surface area contributed by atoms with Crippen molar-refractivity contribution in [1.82, 2.24) is 14.9 Å². The maximum atomic E-state index is 13.7. The zero-order valence-corrected chi connectivity index (χ0v) is 23.3. The normalized spacial score (nSPS) is 18.6. The first-order valence-electron chi connectivity index (χ1n) is 13.3. The Hall–Kier alpha value is -3.21. The molecule has 0 saturated carbocycles. The van der Waals surface area contributed by atoms with Crippen LogP contribution < -0.4 is 10.6 Å². The van der Waals surface area contributed by atoms with Gasteiger partial charge in [0.2, 0.25) is 15.9 Å². The van der Waals surface area contributed by atoms with Gasteiger partial charge < -0.3 is 10.6 Å². The fraction of sp³-hybridized carbons (Fsp3) is 0.367. The van der Waals surface area contributed by atoms with Crippen molar-refractivity contribution in [2.75, 3.05) is 6.54 Å². The van der Waals surface area contributed by atoms with E-state index in [0.717, 1.165) is 23.3 Å². The van der Waals surface area contributed by atoms with Crippen molar-refractivity contribution in [2.45, 2.75) is 68.9 Å². The number of hydrogen-bond acceptors (Lipinski definition) is 4. The fourth-order valence-electron chi connectivity index (χ4n) is 4.79. The lowest BCUT2D eigenvalue weighted by Crippen LogP contribution is -2.56. The van der Waals surface area contributed by atoms with E-state index in [0.29, 0.717) is 18.5 Å². The number of piperidine rings is 1. The standard InChI is InChI=1S/C30H34F3N3O3S/c1-21(2)24-10-14-27(15-11-24)40(38,39)36-17-16-26(34-19-22-6-4-3-5-7-22)18-28(36)29(37)35-20-23-8-12-25(13-9-23)30(31,32)33/h3-15,21,26,28,34H,16-20H2,1-2H3,(H,35,37)/t26-,28-/m1/s1. The van der Waals surface area contributed by atoms with Crippen molar-refractivity contribution in [3.63, 3.8) is 0 Å². The Labute approximate surface area is 233 Å². The quantitative estimate of drug-likeness (QED) is 0.357. The van der Waals surface area contributed by atoms with E-state index >= 15 is 0 Å². The second-order valence-electron chi connectivity index (χ2n) is 10.4. The van der Waals surface area contributed by atoms with Gasteiger partial charge in [-0.2, -0.15) is 17.5 Å². The molecule has 1 aliphatic heterocycles. The highest BCUT2D eigenvalue weighted by atomic mass is 32.2. The van der Waals surface area contributed by atoms with Crippen molar-refractivity contribution in [3.05, 3.63) is 101 Å². The maximum Gasteiger partial charge on any atom is 0.416 e. The van der Waals surface area contributed by atoms with E-state index in [-0.39, 0.29) is 36.4 Å². The molecule has 3 aromatic rings. The van der Waals surface area contributed by atoms with Gasteiger partial charge in [-0.15, -0.1) is 0 Å². The van der Waals surface area contributed by atoms with Gasteiger partial charge in [0.1, 0.15) is 6.04 Å². The molecule has 2 atom stereocenters. The number of carbonyl (C=O) groups excluding carboxylic acids is 1. The van der Waals surface area contributed by atoms with Gasteiger partial charge in [0.25, 0.3) is 0 Å². The molecule has 0 spiro atoms. The van der Waals surface area contributed by atoms with Gasteiger partial charge in [0, 0.05) is 25.7 Å². The van der Waals surface area contributed by atoms with Crippen LogP contribution >= 0.6 is 0 Å². The van der Waals surface area contributed by atoms with Crippen LogP contribution in [0.1, 0.15) is 54.9 Å². The largest absolute Gasteiger partial charge is 0.416 e. The van der Waals surface area contributed by atoms with Gasteiger partial charge >= 0.3 is 6.18 Å². The summed E-state index contributed by atoms with van der Waals surface area (Å²) < 4.78 is 67.3. The molecule has 6 nitrogen and oxygen atoms in total. The lowest BCUT2D eigenvalue weighted by atomic mass is 9.98. The van der Waals surface area contributed by atoms with E-state index < -0.39 is 33.7 Å². The van der Waals surface area contributed by atoms with Crippen molar-refractivity contribution < 1.29 is 26.4 Å². The summed E-state index contributed by atoms with van der Waals surface area (Å²) in [5.41, 5.74) is 1.79. The number of amides is 1. The van der Waals surface area contributed by atoms with E-state index in [9.17, 15) is 26.4 Å².